The minimum Gasteiger partial charge on any atom is -0.379 e. The minimum atomic E-state index is -3.63. The molecule has 150 valence electrons. The molecular formula is C20H25N3O4S. The SMILES string of the molecule is Cn1cc(S(=O)(=O)N2CCOCC2)cc1C(=O)N[C@@H](c1ccccc1)C1CC1. The van der Waals surface area contributed by atoms with Gasteiger partial charge in [0.05, 0.1) is 19.3 Å². The van der Waals surface area contributed by atoms with E-state index in [0.29, 0.717) is 37.9 Å². The Morgan fingerprint density at radius 1 is 1.18 bits per heavy atom. The third-order valence-corrected chi connectivity index (χ3v) is 7.22. The molecule has 1 aromatic heterocycles. The van der Waals surface area contributed by atoms with E-state index in [4.69, 9.17) is 4.74 Å². The molecule has 2 fully saturated rings. The van der Waals surface area contributed by atoms with Crippen LogP contribution in [0.1, 0.15) is 34.9 Å². The summed E-state index contributed by atoms with van der Waals surface area (Å²) in [6, 6.07) is 11.3. The first-order valence-electron chi connectivity index (χ1n) is 9.57. The van der Waals surface area contributed by atoms with Gasteiger partial charge in [0, 0.05) is 26.3 Å². The second kappa shape index (κ2) is 7.69. The zero-order valence-electron chi connectivity index (χ0n) is 15.9. The largest absolute Gasteiger partial charge is 0.379 e. The summed E-state index contributed by atoms with van der Waals surface area (Å²) in [5.74, 6) is 0.176. The molecule has 1 aromatic carbocycles. The number of hydrogen-bond acceptors (Lipinski definition) is 4. The van der Waals surface area contributed by atoms with Gasteiger partial charge in [-0.05, 0) is 30.4 Å². The van der Waals surface area contributed by atoms with Crippen molar-refractivity contribution >= 4 is 15.9 Å². The number of carbonyl (C=O) groups is 1. The van der Waals surface area contributed by atoms with E-state index in [-0.39, 0.29) is 16.8 Å². The molecule has 1 aliphatic carbocycles. The standard InChI is InChI=1S/C20H25N3O4S/c1-22-14-17(28(25,26)23-9-11-27-12-10-23)13-18(22)20(24)21-19(16-7-8-16)15-5-3-2-4-6-15/h2-6,13-14,16,19H,7-12H2,1H3,(H,21,24)/t19-/m0/s1. The van der Waals surface area contributed by atoms with Crippen molar-refractivity contribution in [3.8, 4) is 0 Å². The number of sulfonamides is 1. The maximum absolute atomic E-state index is 12.9. The molecule has 0 bridgehead atoms. The molecule has 7 nitrogen and oxygen atoms in total. The van der Waals surface area contributed by atoms with E-state index in [9.17, 15) is 13.2 Å². The Morgan fingerprint density at radius 2 is 1.86 bits per heavy atom. The molecular weight excluding hydrogens is 378 g/mol. The predicted octanol–water partition coefficient (Wildman–Crippen LogP) is 1.93. The highest BCUT2D eigenvalue weighted by atomic mass is 32.2. The lowest BCUT2D eigenvalue weighted by atomic mass is 10.0. The smallest absolute Gasteiger partial charge is 0.268 e. The summed E-state index contributed by atoms with van der Waals surface area (Å²) in [7, 11) is -1.93. The van der Waals surface area contributed by atoms with Gasteiger partial charge in [0.2, 0.25) is 10.0 Å². The van der Waals surface area contributed by atoms with E-state index in [2.05, 4.69) is 5.32 Å². The Labute approximate surface area is 165 Å². The number of ether oxygens (including phenoxy) is 1. The van der Waals surface area contributed by atoms with Crippen molar-refractivity contribution in [1.82, 2.24) is 14.2 Å². The fraction of sp³-hybridized carbons (Fsp3) is 0.450. The number of aryl methyl sites for hydroxylation is 1. The molecule has 4 rings (SSSR count). The van der Waals surface area contributed by atoms with E-state index < -0.39 is 10.0 Å². The zero-order chi connectivity index (χ0) is 19.7. The Morgan fingerprint density at radius 3 is 2.50 bits per heavy atom. The Balaban J connectivity index is 1.55. The molecule has 0 unspecified atom stereocenters. The fourth-order valence-corrected chi connectivity index (χ4v) is 5.10. The summed E-state index contributed by atoms with van der Waals surface area (Å²) >= 11 is 0. The van der Waals surface area contributed by atoms with Crippen molar-refractivity contribution in [2.45, 2.75) is 23.8 Å². The minimum absolute atomic E-state index is 0.0529. The van der Waals surface area contributed by atoms with E-state index >= 15 is 0 Å². The van der Waals surface area contributed by atoms with Crippen LogP contribution < -0.4 is 5.32 Å². The van der Waals surface area contributed by atoms with E-state index in [0.717, 1.165) is 18.4 Å². The molecule has 1 amide bonds. The molecule has 1 saturated carbocycles. The van der Waals surface area contributed by atoms with Gasteiger partial charge in [0.1, 0.15) is 10.6 Å². The van der Waals surface area contributed by atoms with Crippen LogP contribution in [0.5, 0.6) is 0 Å². The lowest BCUT2D eigenvalue weighted by Gasteiger charge is -2.25. The van der Waals surface area contributed by atoms with Crippen LogP contribution >= 0.6 is 0 Å². The van der Waals surface area contributed by atoms with Gasteiger partial charge in [0.15, 0.2) is 0 Å². The van der Waals surface area contributed by atoms with Crippen LogP contribution in [-0.4, -0.2) is 49.5 Å². The monoisotopic (exact) mass is 403 g/mol. The van der Waals surface area contributed by atoms with Gasteiger partial charge in [-0.1, -0.05) is 30.3 Å². The normalized spacial score (nSPS) is 19.3. The second-order valence-corrected chi connectivity index (χ2v) is 9.33. The van der Waals surface area contributed by atoms with Crippen molar-refractivity contribution < 1.29 is 17.9 Å². The number of nitrogens with zero attached hydrogens (tertiary/aromatic N) is 2. The van der Waals surface area contributed by atoms with Crippen molar-refractivity contribution in [3.63, 3.8) is 0 Å². The van der Waals surface area contributed by atoms with Crippen molar-refractivity contribution in [2.24, 2.45) is 13.0 Å². The maximum Gasteiger partial charge on any atom is 0.268 e. The highest BCUT2D eigenvalue weighted by Gasteiger charge is 2.34. The van der Waals surface area contributed by atoms with Gasteiger partial charge in [-0.15, -0.1) is 0 Å². The van der Waals surface area contributed by atoms with Gasteiger partial charge in [-0.25, -0.2) is 8.42 Å². The zero-order valence-corrected chi connectivity index (χ0v) is 16.7. The van der Waals surface area contributed by atoms with Crippen LogP contribution in [-0.2, 0) is 21.8 Å². The van der Waals surface area contributed by atoms with E-state index in [1.54, 1.807) is 11.6 Å². The Hall–Kier alpha value is -2.16. The van der Waals surface area contributed by atoms with Crippen molar-refractivity contribution in [2.75, 3.05) is 26.3 Å². The first kappa shape index (κ1) is 19.2. The van der Waals surface area contributed by atoms with Crippen LogP contribution in [0.4, 0.5) is 0 Å². The van der Waals surface area contributed by atoms with Gasteiger partial charge in [-0.3, -0.25) is 4.79 Å². The number of hydrogen-bond donors (Lipinski definition) is 1. The fourth-order valence-electron chi connectivity index (χ4n) is 3.62. The van der Waals surface area contributed by atoms with Gasteiger partial charge in [0.25, 0.3) is 5.91 Å². The number of amides is 1. The lowest BCUT2D eigenvalue weighted by molar-refractivity contribution is 0.0730. The summed E-state index contributed by atoms with van der Waals surface area (Å²) in [5, 5.41) is 3.11. The average molecular weight is 404 g/mol. The first-order valence-corrected chi connectivity index (χ1v) is 11.0. The maximum atomic E-state index is 12.9. The van der Waals surface area contributed by atoms with Crippen LogP contribution in [0.15, 0.2) is 47.5 Å². The topological polar surface area (TPSA) is 80.6 Å². The third-order valence-electron chi connectivity index (χ3n) is 5.36. The highest BCUT2D eigenvalue weighted by molar-refractivity contribution is 7.89. The number of rotatable bonds is 6. The van der Waals surface area contributed by atoms with Gasteiger partial charge >= 0.3 is 0 Å². The van der Waals surface area contributed by atoms with Gasteiger partial charge < -0.3 is 14.6 Å². The Kier molecular flexibility index (Phi) is 5.27. The molecule has 0 spiro atoms. The third kappa shape index (κ3) is 3.85. The van der Waals surface area contributed by atoms with Crippen molar-refractivity contribution in [3.05, 3.63) is 53.9 Å². The van der Waals surface area contributed by atoms with Crippen LogP contribution in [0, 0.1) is 5.92 Å². The molecule has 1 aliphatic heterocycles. The molecule has 1 atom stereocenters. The van der Waals surface area contributed by atoms with Crippen molar-refractivity contribution in [1.29, 1.82) is 0 Å². The summed E-state index contributed by atoms with van der Waals surface area (Å²) in [6.45, 7) is 1.44. The van der Waals surface area contributed by atoms with E-state index in [1.807, 2.05) is 30.3 Å². The molecule has 2 aliphatic rings. The summed E-state index contributed by atoms with van der Waals surface area (Å²) < 4.78 is 33.9. The average Bonchev–Trinajstić information content (AvgIpc) is 3.48. The number of benzene rings is 1. The molecule has 1 N–H and O–H groups in total. The van der Waals surface area contributed by atoms with Crippen LogP contribution in [0.3, 0.4) is 0 Å². The molecule has 1 saturated heterocycles. The summed E-state index contributed by atoms with van der Waals surface area (Å²) in [6.07, 6.45) is 3.68. The molecule has 2 aromatic rings. The number of morpholine rings is 1. The summed E-state index contributed by atoms with van der Waals surface area (Å²) in [4.78, 5) is 13.1. The van der Waals surface area contributed by atoms with Gasteiger partial charge in [-0.2, -0.15) is 4.31 Å². The first-order chi connectivity index (χ1) is 13.5. The number of carbonyl (C=O) groups excluding carboxylic acids is 1. The Bertz CT molecular complexity index is 945. The van der Waals surface area contributed by atoms with Crippen LogP contribution in [0.25, 0.3) is 0 Å². The number of aromatic nitrogens is 1. The second-order valence-electron chi connectivity index (χ2n) is 7.39. The molecule has 8 heteroatoms. The highest BCUT2D eigenvalue weighted by Crippen LogP contribution is 2.41. The molecule has 2 heterocycles. The quantitative estimate of drug-likeness (QED) is 0.799. The number of nitrogens with one attached hydrogen (secondary N) is 1. The molecule has 28 heavy (non-hydrogen) atoms. The van der Waals surface area contributed by atoms with E-state index in [1.165, 1.54) is 16.6 Å². The summed E-state index contributed by atoms with van der Waals surface area (Å²) in [5.41, 5.74) is 1.42. The predicted molar refractivity (Wildman–Crippen MR) is 104 cm³/mol. The lowest BCUT2D eigenvalue weighted by Crippen LogP contribution is -2.40. The molecule has 0 radical (unpaired) electrons. The van der Waals surface area contributed by atoms with Crippen LogP contribution in [0.2, 0.25) is 0 Å².